The maximum atomic E-state index is 13.0. The third-order valence-corrected chi connectivity index (χ3v) is 5.35. The molecular formula is C18H18N4OS. The number of anilines is 1. The van der Waals surface area contributed by atoms with Gasteiger partial charge in [0.15, 0.2) is 0 Å². The number of rotatable bonds is 2. The highest BCUT2D eigenvalue weighted by molar-refractivity contribution is 7.12. The van der Waals surface area contributed by atoms with E-state index in [0.717, 1.165) is 45.9 Å². The van der Waals surface area contributed by atoms with Gasteiger partial charge in [-0.1, -0.05) is 6.07 Å². The number of aromatic nitrogens is 3. The van der Waals surface area contributed by atoms with E-state index in [1.54, 1.807) is 10.9 Å². The first-order chi connectivity index (χ1) is 11.6. The zero-order valence-electron chi connectivity index (χ0n) is 13.7. The summed E-state index contributed by atoms with van der Waals surface area (Å²) in [5.41, 5.74) is 3.98. The lowest BCUT2D eigenvalue weighted by atomic mass is 10.0. The van der Waals surface area contributed by atoms with Gasteiger partial charge in [-0.3, -0.25) is 14.4 Å². The summed E-state index contributed by atoms with van der Waals surface area (Å²) in [6.45, 7) is 2.70. The fraction of sp³-hybridized carbons (Fsp3) is 0.278. The quantitative estimate of drug-likeness (QED) is 0.719. The van der Waals surface area contributed by atoms with Crippen molar-refractivity contribution in [2.75, 3.05) is 11.4 Å². The molecule has 6 heteroatoms. The number of carbonyl (C=O) groups excluding carboxylic acids is 1. The minimum Gasteiger partial charge on any atom is -0.292 e. The van der Waals surface area contributed by atoms with Gasteiger partial charge < -0.3 is 0 Å². The van der Waals surface area contributed by atoms with Crippen LogP contribution in [0.2, 0.25) is 0 Å². The molecule has 0 radical (unpaired) electrons. The summed E-state index contributed by atoms with van der Waals surface area (Å²) in [5.74, 6) is 0.847. The van der Waals surface area contributed by atoms with Crippen LogP contribution in [0.1, 0.15) is 27.2 Å². The number of hydrogen-bond donors (Lipinski definition) is 0. The van der Waals surface area contributed by atoms with Gasteiger partial charge in [-0.05, 0) is 48.4 Å². The van der Waals surface area contributed by atoms with Crippen LogP contribution < -0.4 is 4.90 Å². The largest absolute Gasteiger partial charge is 0.292 e. The van der Waals surface area contributed by atoms with Crippen molar-refractivity contribution in [3.8, 4) is 11.3 Å². The van der Waals surface area contributed by atoms with E-state index < -0.39 is 0 Å². The van der Waals surface area contributed by atoms with E-state index in [4.69, 9.17) is 4.98 Å². The first-order valence-corrected chi connectivity index (χ1v) is 8.86. The van der Waals surface area contributed by atoms with Crippen molar-refractivity contribution in [1.29, 1.82) is 0 Å². The van der Waals surface area contributed by atoms with Crippen LogP contribution in [0.25, 0.3) is 11.3 Å². The van der Waals surface area contributed by atoms with Crippen molar-refractivity contribution < 1.29 is 4.79 Å². The summed E-state index contributed by atoms with van der Waals surface area (Å²) in [4.78, 5) is 20.4. The molecule has 0 aliphatic carbocycles. The normalized spacial score (nSPS) is 13.8. The van der Waals surface area contributed by atoms with E-state index in [1.165, 1.54) is 11.3 Å². The standard InChI is InChI=1S/C18H18N4OS/c1-12-7-9-24-16(12)18(23)22-8-3-4-13-5-6-15(20-17(13)22)14-10-19-21(2)11-14/h5-7,9-11H,3-4,8H2,1-2H3. The number of aryl methyl sites for hydroxylation is 3. The number of pyridine rings is 1. The van der Waals surface area contributed by atoms with E-state index in [2.05, 4.69) is 11.2 Å². The van der Waals surface area contributed by atoms with E-state index in [9.17, 15) is 4.79 Å². The van der Waals surface area contributed by atoms with Gasteiger partial charge in [-0.25, -0.2) is 4.98 Å². The highest BCUT2D eigenvalue weighted by Crippen LogP contribution is 2.31. The number of amides is 1. The van der Waals surface area contributed by atoms with Crippen LogP contribution in [0.3, 0.4) is 0 Å². The molecule has 4 rings (SSSR count). The summed E-state index contributed by atoms with van der Waals surface area (Å²) < 4.78 is 1.76. The number of nitrogens with zero attached hydrogens (tertiary/aromatic N) is 4. The van der Waals surface area contributed by atoms with E-state index in [0.29, 0.717) is 6.54 Å². The maximum absolute atomic E-state index is 13.0. The average molecular weight is 338 g/mol. The fourth-order valence-electron chi connectivity index (χ4n) is 3.07. The Kier molecular flexibility index (Phi) is 3.69. The van der Waals surface area contributed by atoms with Gasteiger partial charge in [0.25, 0.3) is 5.91 Å². The van der Waals surface area contributed by atoms with Gasteiger partial charge in [0.1, 0.15) is 5.82 Å². The molecule has 5 nitrogen and oxygen atoms in total. The molecule has 0 spiro atoms. The van der Waals surface area contributed by atoms with Crippen LogP contribution in [0, 0.1) is 6.92 Å². The predicted octanol–water partition coefficient (Wildman–Crippen LogP) is 3.45. The SMILES string of the molecule is Cc1ccsc1C(=O)N1CCCc2ccc(-c3cnn(C)c3)nc21. The molecule has 0 aromatic carbocycles. The molecule has 4 heterocycles. The molecule has 0 atom stereocenters. The highest BCUT2D eigenvalue weighted by atomic mass is 32.1. The summed E-state index contributed by atoms with van der Waals surface area (Å²) in [7, 11) is 1.89. The Labute approximate surface area is 144 Å². The Morgan fingerprint density at radius 3 is 2.88 bits per heavy atom. The van der Waals surface area contributed by atoms with Crippen LogP contribution in [0.15, 0.2) is 36.0 Å². The van der Waals surface area contributed by atoms with E-state index in [-0.39, 0.29) is 5.91 Å². The molecule has 3 aromatic rings. The van der Waals surface area contributed by atoms with Crippen molar-refractivity contribution in [2.45, 2.75) is 19.8 Å². The second-order valence-corrected chi connectivity index (χ2v) is 6.99. The van der Waals surface area contributed by atoms with Crippen molar-refractivity contribution in [2.24, 2.45) is 7.05 Å². The zero-order chi connectivity index (χ0) is 16.7. The number of fused-ring (bicyclic) bond motifs is 1. The molecule has 0 N–H and O–H groups in total. The molecule has 0 saturated heterocycles. The lowest BCUT2D eigenvalue weighted by Gasteiger charge is -2.28. The number of carbonyl (C=O) groups is 1. The Bertz CT molecular complexity index is 911. The second kappa shape index (κ2) is 5.87. The maximum Gasteiger partial charge on any atom is 0.269 e. The molecular weight excluding hydrogens is 320 g/mol. The third-order valence-electron chi connectivity index (χ3n) is 4.34. The van der Waals surface area contributed by atoms with Crippen molar-refractivity contribution >= 4 is 23.1 Å². The fourth-order valence-corrected chi connectivity index (χ4v) is 3.94. The van der Waals surface area contributed by atoms with Crippen LogP contribution in [-0.4, -0.2) is 27.2 Å². The van der Waals surface area contributed by atoms with Gasteiger partial charge in [0, 0.05) is 25.4 Å². The van der Waals surface area contributed by atoms with Crippen molar-refractivity contribution in [3.05, 3.63) is 52.0 Å². The smallest absolute Gasteiger partial charge is 0.269 e. The summed E-state index contributed by atoms with van der Waals surface area (Å²) >= 11 is 1.50. The topological polar surface area (TPSA) is 51.0 Å². The molecule has 1 amide bonds. The molecule has 24 heavy (non-hydrogen) atoms. The van der Waals surface area contributed by atoms with Gasteiger partial charge in [0.2, 0.25) is 0 Å². The average Bonchev–Trinajstić information content (AvgIpc) is 3.21. The lowest BCUT2D eigenvalue weighted by Crippen LogP contribution is -2.36. The van der Waals surface area contributed by atoms with Crippen LogP contribution in [0.4, 0.5) is 5.82 Å². The molecule has 1 aliphatic rings. The van der Waals surface area contributed by atoms with E-state index >= 15 is 0 Å². The minimum atomic E-state index is 0.0549. The first-order valence-electron chi connectivity index (χ1n) is 7.98. The number of thiophene rings is 1. The monoisotopic (exact) mass is 338 g/mol. The summed E-state index contributed by atoms with van der Waals surface area (Å²) in [6.07, 6.45) is 5.67. The molecule has 122 valence electrons. The van der Waals surface area contributed by atoms with Gasteiger partial charge in [0.05, 0.1) is 16.8 Å². The predicted molar refractivity (Wildman–Crippen MR) is 95.5 cm³/mol. The Morgan fingerprint density at radius 1 is 1.29 bits per heavy atom. The summed E-state index contributed by atoms with van der Waals surface area (Å²) in [5, 5.41) is 6.17. The van der Waals surface area contributed by atoms with E-state index in [1.807, 2.05) is 42.6 Å². The Hall–Kier alpha value is -2.47. The van der Waals surface area contributed by atoms with Crippen LogP contribution >= 0.6 is 11.3 Å². The molecule has 0 saturated carbocycles. The molecule has 0 bridgehead atoms. The molecule has 0 unspecified atom stereocenters. The number of hydrogen-bond acceptors (Lipinski definition) is 4. The third kappa shape index (κ3) is 2.53. The molecule has 1 aliphatic heterocycles. The van der Waals surface area contributed by atoms with Crippen LogP contribution in [-0.2, 0) is 13.5 Å². The van der Waals surface area contributed by atoms with Gasteiger partial charge >= 0.3 is 0 Å². The summed E-state index contributed by atoms with van der Waals surface area (Å²) in [6, 6.07) is 6.09. The van der Waals surface area contributed by atoms with Gasteiger partial charge in [-0.2, -0.15) is 5.10 Å². The zero-order valence-corrected chi connectivity index (χ0v) is 14.5. The molecule has 0 fully saturated rings. The Balaban J connectivity index is 1.76. The van der Waals surface area contributed by atoms with Crippen molar-refractivity contribution in [3.63, 3.8) is 0 Å². The molecule has 3 aromatic heterocycles. The van der Waals surface area contributed by atoms with Crippen LogP contribution in [0.5, 0.6) is 0 Å². The Morgan fingerprint density at radius 2 is 2.17 bits per heavy atom. The van der Waals surface area contributed by atoms with Crippen molar-refractivity contribution in [1.82, 2.24) is 14.8 Å². The highest BCUT2D eigenvalue weighted by Gasteiger charge is 2.27. The minimum absolute atomic E-state index is 0.0549. The first kappa shape index (κ1) is 15.1. The lowest BCUT2D eigenvalue weighted by molar-refractivity contribution is 0.0987. The second-order valence-electron chi connectivity index (χ2n) is 6.07. The van der Waals surface area contributed by atoms with Gasteiger partial charge in [-0.15, -0.1) is 11.3 Å².